The van der Waals surface area contributed by atoms with E-state index >= 15 is 0 Å². The number of anilines is 1. The number of aryl methyl sites for hydroxylation is 2. The lowest BCUT2D eigenvalue weighted by Crippen LogP contribution is -2.27. The summed E-state index contributed by atoms with van der Waals surface area (Å²) >= 11 is 3.44. The van der Waals surface area contributed by atoms with E-state index in [-0.39, 0.29) is 10.7 Å². The highest BCUT2D eigenvalue weighted by Gasteiger charge is 2.30. The maximum atomic E-state index is 11.6. The van der Waals surface area contributed by atoms with Crippen molar-refractivity contribution in [2.45, 2.75) is 25.1 Å². The monoisotopic (exact) mass is 269 g/mol. The lowest BCUT2D eigenvalue weighted by molar-refractivity contribution is -0.117. The van der Waals surface area contributed by atoms with Crippen LogP contribution in [0.5, 0.6) is 0 Å². The molecule has 4 nitrogen and oxygen atoms in total. The third kappa shape index (κ3) is 2.17. The summed E-state index contributed by atoms with van der Waals surface area (Å²) in [7, 11) is 0. The van der Waals surface area contributed by atoms with Crippen LogP contribution in [0.15, 0.2) is 6.07 Å². The minimum absolute atomic E-state index is 0.0851. The van der Waals surface area contributed by atoms with Crippen LogP contribution in [0.3, 0.4) is 0 Å². The standard InChI is InChI=1S/C10H12BrN3O/c1-6-3-7(2)13-10(12-6)14-5-8(11)4-9(14)15/h3,8H,4-5H2,1-2H3. The van der Waals surface area contributed by atoms with Gasteiger partial charge in [0.25, 0.3) is 0 Å². The van der Waals surface area contributed by atoms with Crippen molar-refractivity contribution < 1.29 is 4.79 Å². The Balaban J connectivity index is 2.33. The normalized spacial score (nSPS) is 21.1. The summed E-state index contributed by atoms with van der Waals surface area (Å²) in [6.45, 7) is 4.47. The van der Waals surface area contributed by atoms with Gasteiger partial charge in [0.2, 0.25) is 11.9 Å². The van der Waals surface area contributed by atoms with E-state index in [1.54, 1.807) is 4.90 Å². The van der Waals surface area contributed by atoms with Crippen molar-refractivity contribution in [3.05, 3.63) is 17.5 Å². The van der Waals surface area contributed by atoms with E-state index in [0.717, 1.165) is 11.4 Å². The molecule has 0 aliphatic carbocycles. The Hall–Kier alpha value is -0.970. The molecule has 2 heterocycles. The van der Waals surface area contributed by atoms with Gasteiger partial charge in [0.15, 0.2) is 0 Å². The highest BCUT2D eigenvalue weighted by atomic mass is 79.9. The van der Waals surface area contributed by atoms with Gasteiger partial charge in [-0.3, -0.25) is 9.69 Å². The fourth-order valence-electron chi connectivity index (χ4n) is 1.69. The van der Waals surface area contributed by atoms with Gasteiger partial charge in [-0.2, -0.15) is 0 Å². The maximum Gasteiger partial charge on any atom is 0.232 e. The molecule has 1 atom stereocenters. The summed E-state index contributed by atoms with van der Waals surface area (Å²) < 4.78 is 0. The van der Waals surface area contributed by atoms with E-state index in [0.29, 0.717) is 18.9 Å². The first-order chi connectivity index (χ1) is 7.06. The topological polar surface area (TPSA) is 46.1 Å². The summed E-state index contributed by atoms with van der Waals surface area (Å²) in [5, 5.41) is 0. The van der Waals surface area contributed by atoms with Crippen molar-refractivity contribution in [3.8, 4) is 0 Å². The van der Waals surface area contributed by atoms with Gasteiger partial charge in [-0.1, -0.05) is 15.9 Å². The zero-order valence-corrected chi connectivity index (χ0v) is 10.3. The molecule has 1 saturated heterocycles. The molecule has 1 amide bonds. The number of amides is 1. The number of hydrogen-bond acceptors (Lipinski definition) is 3. The van der Waals surface area contributed by atoms with Crippen molar-refractivity contribution in [2.24, 2.45) is 0 Å². The summed E-state index contributed by atoms with van der Waals surface area (Å²) in [6, 6.07) is 1.90. The molecule has 0 saturated carbocycles. The largest absolute Gasteiger partial charge is 0.280 e. The molecule has 1 aromatic rings. The smallest absolute Gasteiger partial charge is 0.232 e. The predicted molar refractivity (Wildman–Crippen MR) is 61.2 cm³/mol. The summed E-state index contributed by atoms with van der Waals surface area (Å²) in [4.78, 5) is 22.0. The van der Waals surface area contributed by atoms with Gasteiger partial charge in [0.1, 0.15) is 0 Å². The van der Waals surface area contributed by atoms with E-state index in [4.69, 9.17) is 0 Å². The van der Waals surface area contributed by atoms with Crippen LogP contribution in [0.4, 0.5) is 5.95 Å². The van der Waals surface area contributed by atoms with Crippen molar-refractivity contribution in [1.82, 2.24) is 9.97 Å². The van der Waals surface area contributed by atoms with Crippen molar-refractivity contribution in [1.29, 1.82) is 0 Å². The first-order valence-corrected chi connectivity index (χ1v) is 5.74. The Morgan fingerprint density at radius 1 is 1.40 bits per heavy atom. The number of aromatic nitrogens is 2. The van der Waals surface area contributed by atoms with Crippen LogP contribution in [0.1, 0.15) is 17.8 Å². The number of carbonyl (C=O) groups is 1. The summed E-state index contributed by atoms with van der Waals surface area (Å²) in [6.07, 6.45) is 0.524. The lowest BCUT2D eigenvalue weighted by atomic mass is 10.3. The van der Waals surface area contributed by atoms with Gasteiger partial charge >= 0.3 is 0 Å². The Kier molecular flexibility index (Phi) is 2.73. The first-order valence-electron chi connectivity index (χ1n) is 4.83. The lowest BCUT2D eigenvalue weighted by Gasteiger charge is -2.14. The van der Waals surface area contributed by atoms with Crippen molar-refractivity contribution in [2.75, 3.05) is 11.4 Å². The molecule has 0 bridgehead atoms. The van der Waals surface area contributed by atoms with Crippen LogP contribution in [0.25, 0.3) is 0 Å². The summed E-state index contributed by atoms with van der Waals surface area (Å²) in [5.74, 6) is 0.612. The predicted octanol–water partition coefficient (Wildman–Crippen LogP) is 1.59. The quantitative estimate of drug-likeness (QED) is 0.728. The third-order valence-corrected chi connectivity index (χ3v) is 2.90. The second-order valence-electron chi connectivity index (χ2n) is 3.76. The number of alkyl halides is 1. The molecule has 0 spiro atoms. The van der Waals surface area contributed by atoms with E-state index in [1.165, 1.54) is 0 Å². The van der Waals surface area contributed by atoms with Gasteiger partial charge in [-0.15, -0.1) is 0 Å². The Labute approximate surface area is 96.8 Å². The van der Waals surface area contributed by atoms with Gasteiger partial charge < -0.3 is 0 Å². The van der Waals surface area contributed by atoms with Crippen LogP contribution in [-0.4, -0.2) is 27.2 Å². The van der Waals surface area contributed by atoms with Gasteiger partial charge in [-0.25, -0.2) is 9.97 Å². The minimum Gasteiger partial charge on any atom is -0.280 e. The van der Waals surface area contributed by atoms with Crippen LogP contribution >= 0.6 is 15.9 Å². The van der Waals surface area contributed by atoms with Crippen LogP contribution in [0, 0.1) is 13.8 Å². The molecule has 1 fully saturated rings. The average molecular weight is 270 g/mol. The minimum atomic E-state index is 0.0851. The Morgan fingerprint density at radius 2 is 2.00 bits per heavy atom. The van der Waals surface area contributed by atoms with Crippen LogP contribution in [-0.2, 0) is 4.79 Å². The van der Waals surface area contributed by atoms with Crippen LogP contribution in [0.2, 0.25) is 0 Å². The summed E-state index contributed by atoms with van der Waals surface area (Å²) in [5.41, 5.74) is 1.78. The molecule has 1 unspecified atom stereocenters. The van der Waals surface area contributed by atoms with Gasteiger partial charge in [0.05, 0.1) is 0 Å². The average Bonchev–Trinajstić information content (AvgIpc) is 2.43. The van der Waals surface area contributed by atoms with E-state index in [2.05, 4.69) is 25.9 Å². The number of hydrogen-bond donors (Lipinski definition) is 0. The fraction of sp³-hybridized carbons (Fsp3) is 0.500. The van der Waals surface area contributed by atoms with E-state index < -0.39 is 0 Å². The van der Waals surface area contributed by atoms with Gasteiger partial charge in [-0.05, 0) is 19.9 Å². The van der Waals surface area contributed by atoms with Crippen molar-refractivity contribution in [3.63, 3.8) is 0 Å². The molecule has 2 rings (SSSR count). The molecule has 15 heavy (non-hydrogen) atoms. The fourth-order valence-corrected chi connectivity index (χ4v) is 2.25. The second-order valence-corrected chi connectivity index (χ2v) is 5.05. The second kappa shape index (κ2) is 3.89. The SMILES string of the molecule is Cc1cc(C)nc(N2CC(Br)CC2=O)n1. The maximum absolute atomic E-state index is 11.6. The van der Waals surface area contributed by atoms with E-state index in [1.807, 2.05) is 19.9 Å². The highest BCUT2D eigenvalue weighted by molar-refractivity contribution is 9.09. The number of carbonyl (C=O) groups excluding carboxylic acids is 1. The third-order valence-electron chi connectivity index (χ3n) is 2.29. The molecule has 0 N–H and O–H groups in total. The number of rotatable bonds is 1. The molecular weight excluding hydrogens is 258 g/mol. The Bertz CT molecular complexity index is 387. The van der Waals surface area contributed by atoms with Crippen LogP contribution < -0.4 is 4.90 Å². The van der Waals surface area contributed by atoms with Crippen molar-refractivity contribution >= 4 is 27.8 Å². The molecular formula is C10H12BrN3O. The molecule has 0 radical (unpaired) electrons. The molecule has 5 heteroatoms. The Morgan fingerprint density at radius 3 is 2.47 bits per heavy atom. The number of nitrogens with zero attached hydrogens (tertiary/aromatic N) is 3. The first kappa shape index (κ1) is 10.5. The zero-order valence-electron chi connectivity index (χ0n) is 8.70. The van der Waals surface area contributed by atoms with Gasteiger partial charge in [0, 0.05) is 29.2 Å². The molecule has 0 aromatic carbocycles. The van der Waals surface area contributed by atoms with E-state index in [9.17, 15) is 4.79 Å². The molecule has 80 valence electrons. The highest BCUT2D eigenvalue weighted by Crippen LogP contribution is 2.22. The molecule has 1 aliphatic rings. The molecule has 1 aliphatic heterocycles. The molecule has 1 aromatic heterocycles. The number of halogens is 1. The zero-order chi connectivity index (χ0) is 11.0.